The number of amides is 3. The monoisotopic (exact) mass is 324 g/mol. The van der Waals surface area contributed by atoms with E-state index in [9.17, 15) is 14.4 Å². The smallest absolute Gasteiger partial charge is 0.411 e. The minimum atomic E-state index is -0.534. The molecular formula is C18H16N2O4. The first-order valence-corrected chi connectivity index (χ1v) is 7.49. The zero-order chi connectivity index (χ0) is 17.1. The summed E-state index contributed by atoms with van der Waals surface area (Å²) in [5.74, 6) is -0.501. The molecule has 0 fully saturated rings. The van der Waals surface area contributed by atoms with Crippen LogP contribution in [0.25, 0.3) is 0 Å². The number of hydrogen-bond acceptors (Lipinski definition) is 4. The third kappa shape index (κ3) is 2.99. The second-order valence-corrected chi connectivity index (χ2v) is 5.37. The van der Waals surface area contributed by atoms with E-state index in [4.69, 9.17) is 0 Å². The number of imide groups is 1. The van der Waals surface area contributed by atoms with Crippen LogP contribution < -0.4 is 5.32 Å². The van der Waals surface area contributed by atoms with Crippen LogP contribution in [-0.2, 0) is 11.2 Å². The molecule has 0 spiro atoms. The van der Waals surface area contributed by atoms with Crippen molar-refractivity contribution in [2.45, 2.75) is 6.42 Å². The molecule has 2 aromatic carbocycles. The number of nitrogens with one attached hydrogen (secondary N) is 1. The quantitative estimate of drug-likeness (QED) is 0.877. The molecular weight excluding hydrogens is 308 g/mol. The maximum absolute atomic E-state index is 12.3. The molecule has 3 amide bonds. The Labute approximate surface area is 139 Å². The van der Waals surface area contributed by atoms with Crippen LogP contribution in [0.4, 0.5) is 10.5 Å². The van der Waals surface area contributed by atoms with E-state index in [-0.39, 0.29) is 11.8 Å². The van der Waals surface area contributed by atoms with Gasteiger partial charge in [-0.3, -0.25) is 19.8 Å². The van der Waals surface area contributed by atoms with Gasteiger partial charge in [0.15, 0.2) is 0 Å². The number of ether oxygens (including phenoxy) is 1. The number of nitrogens with zero attached hydrogens (tertiary/aromatic N) is 1. The lowest BCUT2D eigenvalue weighted by molar-refractivity contribution is 0.0656. The number of rotatable bonds is 4. The van der Waals surface area contributed by atoms with Gasteiger partial charge in [0.2, 0.25) is 0 Å². The van der Waals surface area contributed by atoms with Gasteiger partial charge in [-0.15, -0.1) is 0 Å². The van der Waals surface area contributed by atoms with E-state index in [0.717, 1.165) is 5.56 Å². The zero-order valence-electron chi connectivity index (χ0n) is 13.1. The van der Waals surface area contributed by atoms with Crippen molar-refractivity contribution in [1.82, 2.24) is 4.90 Å². The number of fused-ring (bicyclic) bond motifs is 1. The first-order valence-electron chi connectivity index (χ1n) is 7.49. The average molecular weight is 324 g/mol. The number of hydrogen-bond donors (Lipinski definition) is 1. The van der Waals surface area contributed by atoms with E-state index < -0.39 is 6.09 Å². The highest BCUT2D eigenvalue weighted by atomic mass is 16.5. The molecule has 122 valence electrons. The molecule has 0 atom stereocenters. The van der Waals surface area contributed by atoms with Crippen LogP contribution in [0.3, 0.4) is 0 Å². The molecule has 0 aromatic heterocycles. The van der Waals surface area contributed by atoms with Gasteiger partial charge in [-0.2, -0.15) is 0 Å². The Morgan fingerprint density at radius 1 is 1.00 bits per heavy atom. The zero-order valence-corrected chi connectivity index (χ0v) is 13.1. The Morgan fingerprint density at radius 2 is 1.58 bits per heavy atom. The van der Waals surface area contributed by atoms with E-state index in [1.54, 1.807) is 36.4 Å². The third-order valence-corrected chi connectivity index (χ3v) is 3.89. The van der Waals surface area contributed by atoms with Crippen LogP contribution in [0, 0.1) is 0 Å². The highest BCUT2D eigenvalue weighted by molar-refractivity contribution is 6.21. The molecule has 1 heterocycles. The third-order valence-electron chi connectivity index (χ3n) is 3.89. The number of carbonyl (C=O) groups excluding carboxylic acids is 3. The maximum atomic E-state index is 12.3. The molecule has 1 aliphatic rings. The van der Waals surface area contributed by atoms with Gasteiger partial charge in [-0.05, 0) is 36.2 Å². The summed E-state index contributed by atoms with van der Waals surface area (Å²) < 4.78 is 4.52. The summed E-state index contributed by atoms with van der Waals surface area (Å²) in [6, 6.07) is 14.0. The standard InChI is InChI=1S/C18H16N2O4/c1-24-18(23)19-13-8-6-12(7-9-13)10-11-20-16(21)14-4-2-3-5-15(14)17(20)22/h2-9H,10-11H2,1H3,(H,19,23). The van der Waals surface area contributed by atoms with Gasteiger partial charge in [-0.25, -0.2) is 4.79 Å². The highest BCUT2D eigenvalue weighted by Crippen LogP contribution is 2.22. The molecule has 24 heavy (non-hydrogen) atoms. The van der Waals surface area contributed by atoms with Crippen molar-refractivity contribution in [2.75, 3.05) is 19.0 Å². The van der Waals surface area contributed by atoms with Crippen molar-refractivity contribution >= 4 is 23.6 Å². The molecule has 2 aromatic rings. The van der Waals surface area contributed by atoms with Gasteiger partial charge in [0.1, 0.15) is 0 Å². The lowest BCUT2D eigenvalue weighted by Crippen LogP contribution is -2.31. The summed E-state index contributed by atoms with van der Waals surface area (Å²) in [7, 11) is 1.30. The summed E-state index contributed by atoms with van der Waals surface area (Å²) in [6.07, 6.45) is 0.0121. The predicted molar refractivity (Wildman–Crippen MR) is 88.0 cm³/mol. The van der Waals surface area contributed by atoms with Crippen LogP contribution in [-0.4, -0.2) is 36.5 Å². The molecule has 6 nitrogen and oxygen atoms in total. The van der Waals surface area contributed by atoms with E-state index in [2.05, 4.69) is 10.1 Å². The molecule has 0 saturated carbocycles. The van der Waals surface area contributed by atoms with Crippen LogP contribution >= 0.6 is 0 Å². The van der Waals surface area contributed by atoms with Crippen molar-refractivity contribution < 1.29 is 19.1 Å². The van der Waals surface area contributed by atoms with Crippen molar-refractivity contribution in [3.63, 3.8) is 0 Å². The normalized spacial score (nSPS) is 13.0. The Bertz CT molecular complexity index is 764. The molecule has 1 N–H and O–H groups in total. The lowest BCUT2D eigenvalue weighted by atomic mass is 10.1. The van der Waals surface area contributed by atoms with Crippen molar-refractivity contribution in [2.24, 2.45) is 0 Å². The summed E-state index contributed by atoms with van der Waals surface area (Å²) in [5.41, 5.74) is 2.49. The highest BCUT2D eigenvalue weighted by Gasteiger charge is 2.34. The van der Waals surface area contributed by atoms with E-state index >= 15 is 0 Å². The van der Waals surface area contributed by atoms with Gasteiger partial charge in [-0.1, -0.05) is 24.3 Å². The molecule has 0 saturated heterocycles. The summed E-state index contributed by atoms with van der Waals surface area (Å²) in [6.45, 7) is 0.316. The van der Waals surface area contributed by atoms with Gasteiger partial charge in [0.05, 0.1) is 18.2 Å². The minimum Gasteiger partial charge on any atom is -0.453 e. The molecule has 0 unspecified atom stereocenters. The first kappa shape index (κ1) is 15.7. The van der Waals surface area contributed by atoms with E-state index in [0.29, 0.717) is 29.8 Å². The molecule has 0 aliphatic carbocycles. The Kier molecular flexibility index (Phi) is 4.29. The van der Waals surface area contributed by atoms with Crippen LogP contribution in [0.2, 0.25) is 0 Å². The second-order valence-electron chi connectivity index (χ2n) is 5.37. The van der Waals surface area contributed by atoms with Crippen LogP contribution in [0.15, 0.2) is 48.5 Å². The SMILES string of the molecule is COC(=O)Nc1ccc(CCN2C(=O)c3ccccc3C2=O)cc1. The van der Waals surface area contributed by atoms with Crippen LogP contribution in [0.5, 0.6) is 0 Å². The van der Waals surface area contributed by atoms with Gasteiger partial charge >= 0.3 is 6.09 Å². The number of carbonyl (C=O) groups is 3. The van der Waals surface area contributed by atoms with E-state index in [1.165, 1.54) is 12.0 Å². The largest absolute Gasteiger partial charge is 0.453 e. The number of anilines is 1. The summed E-state index contributed by atoms with van der Waals surface area (Å²) >= 11 is 0. The molecule has 6 heteroatoms. The molecule has 1 aliphatic heterocycles. The fourth-order valence-corrected chi connectivity index (χ4v) is 2.61. The average Bonchev–Trinajstić information content (AvgIpc) is 2.85. The van der Waals surface area contributed by atoms with Crippen molar-refractivity contribution in [3.05, 3.63) is 65.2 Å². The predicted octanol–water partition coefficient (Wildman–Crippen LogP) is 2.70. The Hall–Kier alpha value is -3.15. The fourth-order valence-electron chi connectivity index (χ4n) is 2.61. The van der Waals surface area contributed by atoms with E-state index in [1.807, 2.05) is 12.1 Å². The minimum absolute atomic E-state index is 0.250. The fraction of sp³-hybridized carbons (Fsp3) is 0.167. The Balaban J connectivity index is 1.63. The molecule has 3 rings (SSSR count). The van der Waals surface area contributed by atoms with Gasteiger partial charge in [0.25, 0.3) is 11.8 Å². The van der Waals surface area contributed by atoms with Crippen molar-refractivity contribution in [1.29, 1.82) is 0 Å². The number of methoxy groups -OCH3 is 1. The Morgan fingerprint density at radius 3 is 2.12 bits per heavy atom. The summed E-state index contributed by atoms with van der Waals surface area (Å²) in [4.78, 5) is 37.0. The summed E-state index contributed by atoms with van der Waals surface area (Å²) in [5, 5.41) is 2.56. The number of benzene rings is 2. The van der Waals surface area contributed by atoms with Crippen LogP contribution in [0.1, 0.15) is 26.3 Å². The molecule has 0 bridgehead atoms. The topological polar surface area (TPSA) is 75.7 Å². The van der Waals surface area contributed by atoms with Gasteiger partial charge in [0, 0.05) is 12.2 Å². The lowest BCUT2D eigenvalue weighted by Gasteiger charge is -2.13. The first-order chi connectivity index (χ1) is 11.6. The maximum Gasteiger partial charge on any atom is 0.411 e. The second kappa shape index (κ2) is 6.54. The van der Waals surface area contributed by atoms with Crippen molar-refractivity contribution in [3.8, 4) is 0 Å². The molecule has 0 radical (unpaired) electrons. The van der Waals surface area contributed by atoms with Gasteiger partial charge < -0.3 is 4.74 Å².